The van der Waals surface area contributed by atoms with Gasteiger partial charge in [0.2, 0.25) is 5.91 Å². The van der Waals surface area contributed by atoms with Gasteiger partial charge in [-0.15, -0.1) is 11.3 Å². The first-order valence-electron chi connectivity index (χ1n) is 7.54. The van der Waals surface area contributed by atoms with E-state index in [9.17, 15) is 9.59 Å². The third-order valence-electron chi connectivity index (χ3n) is 3.72. The quantitative estimate of drug-likeness (QED) is 0.923. The Hall–Kier alpha value is -2.28. The number of hydrogen-bond acceptors (Lipinski definition) is 5. The number of carbonyl (C=O) groups is 2. The van der Waals surface area contributed by atoms with Gasteiger partial charge < -0.3 is 10.2 Å². The van der Waals surface area contributed by atoms with Crippen molar-refractivity contribution in [3.8, 4) is 0 Å². The number of aromatic nitrogens is 2. The molecule has 1 aliphatic rings. The first kappa shape index (κ1) is 15.6. The molecule has 0 atom stereocenters. The summed E-state index contributed by atoms with van der Waals surface area (Å²) in [5, 5.41) is 4.82. The lowest BCUT2D eigenvalue weighted by atomic mass is 10.1. The first-order valence-corrected chi connectivity index (χ1v) is 8.42. The molecule has 0 unspecified atom stereocenters. The van der Waals surface area contributed by atoms with Crippen LogP contribution in [-0.2, 0) is 17.8 Å². The molecule has 0 radical (unpaired) electrons. The number of carbonyl (C=O) groups excluding carboxylic acids is 2. The van der Waals surface area contributed by atoms with Crippen molar-refractivity contribution in [1.82, 2.24) is 20.2 Å². The van der Waals surface area contributed by atoms with E-state index in [0.29, 0.717) is 24.5 Å². The molecule has 120 valence electrons. The van der Waals surface area contributed by atoms with Crippen LogP contribution in [0.15, 0.2) is 23.7 Å². The Kier molecular flexibility index (Phi) is 4.66. The van der Waals surface area contributed by atoms with Crippen molar-refractivity contribution >= 4 is 23.2 Å². The first-order chi connectivity index (χ1) is 11.1. The minimum atomic E-state index is -0.163. The molecule has 0 saturated heterocycles. The molecular weight excluding hydrogens is 312 g/mol. The molecule has 7 heteroatoms. The molecule has 23 heavy (non-hydrogen) atoms. The fourth-order valence-corrected chi connectivity index (χ4v) is 3.22. The number of fused-ring (bicyclic) bond motifs is 1. The van der Waals surface area contributed by atoms with Crippen molar-refractivity contribution < 1.29 is 9.59 Å². The number of rotatable bonds is 4. The molecule has 2 amide bonds. The predicted octanol–water partition coefficient (Wildman–Crippen LogP) is 1.55. The van der Waals surface area contributed by atoms with Gasteiger partial charge in [0.1, 0.15) is 5.82 Å². The minimum absolute atomic E-state index is 0.0670. The zero-order valence-electron chi connectivity index (χ0n) is 12.9. The summed E-state index contributed by atoms with van der Waals surface area (Å²) in [6, 6.07) is 3.92. The van der Waals surface area contributed by atoms with Crippen LogP contribution in [0.2, 0.25) is 0 Å². The maximum atomic E-state index is 12.6. The van der Waals surface area contributed by atoms with Crippen LogP contribution >= 0.6 is 11.3 Å². The maximum Gasteiger partial charge on any atom is 0.257 e. The highest BCUT2D eigenvalue weighted by molar-refractivity contribution is 7.09. The average molecular weight is 330 g/mol. The minimum Gasteiger partial charge on any atom is -0.350 e. The number of nitrogens with one attached hydrogen (secondary N) is 1. The predicted molar refractivity (Wildman–Crippen MR) is 87.2 cm³/mol. The summed E-state index contributed by atoms with van der Waals surface area (Å²) in [6.07, 6.45) is 3.10. The number of aryl methyl sites for hydroxylation is 2. The Morgan fingerprint density at radius 2 is 2.35 bits per heavy atom. The lowest BCUT2D eigenvalue weighted by Gasteiger charge is -2.20. The van der Waals surface area contributed by atoms with Crippen molar-refractivity contribution in [2.24, 2.45) is 0 Å². The maximum absolute atomic E-state index is 12.6. The van der Waals surface area contributed by atoms with Gasteiger partial charge in [-0.2, -0.15) is 0 Å². The van der Waals surface area contributed by atoms with Crippen LogP contribution in [0.1, 0.15) is 33.2 Å². The summed E-state index contributed by atoms with van der Waals surface area (Å²) >= 11 is 1.60. The van der Waals surface area contributed by atoms with E-state index in [0.717, 1.165) is 23.4 Å². The van der Waals surface area contributed by atoms with Gasteiger partial charge in [0, 0.05) is 17.6 Å². The summed E-state index contributed by atoms with van der Waals surface area (Å²) in [6.45, 7) is 2.93. The lowest BCUT2D eigenvalue weighted by molar-refractivity contribution is -0.121. The molecular formula is C16H18N4O2S. The van der Waals surface area contributed by atoms with Gasteiger partial charge in [0.25, 0.3) is 5.91 Å². The second-order valence-corrected chi connectivity index (χ2v) is 6.50. The van der Waals surface area contributed by atoms with Crippen LogP contribution in [0.3, 0.4) is 0 Å². The lowest BCUT2D eigenvalue weighted by Crippen LogP contribution is -2.40. The third kappa shape index (κ3) is 3.73. The van der Waals surface area contributed by atoms with E-state index >= 15 is 0 Å². The van der Waals surface area contributed by atoms with E-state index in [4.69, 9.17) is 0 Å². The monoisotopic (exact) mass is 330 g/mol. The summed E-state index contributed by atoms with van der Waals surface area (Å²) < 4.78 is 0. The van der Waals surface area contributed by atoms with Gasteiger partial charge in [0.05, 0.1) is 24.3 Å². The molecule has 2 aromatic heterocycles. The molecule has 0 aromatic carbocycles. The van der Waals surface area contributed by atoms with Crippen LogP contribution in [0.4, 0.5) is 0 Å². The highest BCUT2D eigenvalue weighted by atomic mass is 32.1. The highest BCUT2D eigenvalue weighted by Crippen LogP contribution is 2.16. The Morgan fingerprint density at radius 1 is 1.48 bits per heavy atom. The van der Waals surface area contributed by atoms with Gasteiger partial charge in [-0.1, -0.05) is 6.07 Å². The van der Waals surface area contributed by atoms with Crippen molar-refractivity contribution in [1.29, 1.82) is 0 Å². The molecule has 0 spiro atoms. The largest absolute Gasteiger partial charge is 0.350 e. The fourth-order valence-electron chi connectivity index (χ4n) is 2.57. The van der Waals surface area contributed by atoms with Crippen LogP contribution in [0.25, 0.3) is 0 Å². The Bertz CT molecular complexity index is 715. The molecule has 1 N–H and O–H groups in total. The SMILES string of the molecule is Cc1ncc2c(n1)CCCN(CC(=O)NCc1cccs1)C2=O. The van der Waals surface area contributed by atoms with Gasteiger partial charge in [0.15, 0.2) is 0 Å². The summed E-state index contributed by atoms with van der Waals surface area (Å²) in [7, 11) is 0. The van der Waals surface area contributed by atoms with Gasteiger partial charge in [-0.05, 0) is 31.2 Å². The molecule has 0 saturated carbocycles. The van der Waals surface area contributed by atoms with Gasteiger partial charge in [-0.3, -0.25) is 9.59 Å². The molecule has 1 aliphatic heterocycles. The van der Waals surface area contributed by atoms with Crippen molar-refractivity contribution in [2.75, 3.05) is 13.1 Å². The molecule has 0 bridgehead atoms. The van der Waals surface area contributed by atoms with E-state index in [1.807, 2.05) is 24.4 Å². The normalized spacial score (nSPS) is 14.3. The zero-order chi connectivity index (χ0) is 16.2. The van der Waals surface area contributed by atoms with Crippen molar-refractivity contribution in [3.63, 3.8) is 0 Å². The van der Waals surface area contributed by atoms with Crippen LogP contribution in [0.5, 0.6) is 0 Å². The highest BCUT2D eigenvalue weighted by Gasteiger charge is 2.25. The molecule has 3 heterocycles. The smallest absolute Gasteiger partial charge is 0.257 e. The number of amides is 2. The molecule has 0 aliphatic carbocycles. The summed E-state index contributed by atoms with van der Waals surface area (Å²) in [5.74, 6) is 0.352. The van der Waals surface area contributed by atoms with Crippen LogP contribution in [-0.4, -0.2) is 39.8 Å². The van der Waals surface area contributed by atoms with Crippen LogP contribution < -0.4 is 5.32 Å². The fraction of sp³-hybridized carbons (Fsp3) is 0.375. The standard InChI is InChI=1S/C16H18N4O2S/c1-11-17-9-13-14(19-11)5-2-6-20(16(13)22)10-15(21)18-8-12-4-3-7-23-12/h3-4,7,9H,2,5-6,8,10H2,1H3,(H,18,21). The third-order valence-corrected chi connectivity index (χ3v) is 4.60. The summed E-state index contributed by atoms with van der Waals surface area (Å²) in [4.78, 5) is 35.8. The van der Waals surface area contributed by atoms with E-state index < -0.39 is 0 Å². The molecule has 6 nitrogen and oxygen atoms in total. The molecule has 3 rings (SSSR count). The Morgan fingerprint density at radius 3 is 3.13 bits per heavy atom. The second-order valence-electron chi connectivity index (χ2n) is 5.46. The summed E-state index contributed by atoms with van der Waals surface area (Å²) in [5.41, 5.74) is 1.29. The number of thiophene rings is 1. The van der Waals surface area contributed by atoms with E-state index in [1.165, 1.54) is 0 Å². The van der Waals surface area contributed by atoms with Crippen molar-refractivity contribution in [2.45, 2.75) is 26.3 Å². The van der Waals surface area contributed by atoms with Crippen LogP contribution in [0, 0.1) is 6.92 Å². The van der Waals surface area contributed by atoms with Gasteiger partial charge in [-0.25, -0.2) is 9.97 Å². The topological polar surface area (TPSA) is 75.2 Å². The van der Waals surface area contributed by atoms with E-state index in [2.05, 4.69) is 15.3 Å². The molecule has 0 fully saturated rings. The Labute approximate surface area is 138 Å². The Balaban J connectivity index is 1.64. The number of hydrogen-bond donors (Lipinski definition) is 1. The number of nitrogens with zero attached hydrogens (tertiary/aromatic N) is 3. The van der Waals surface area contributed by atoms with E-state index in [1.54, 1.807) is 22.4 Å². The van der Waals surface area contributed by atoms with Crippen molar-refractivity contribution in [3.05, 3.63) is 45.7 Å². The van der Waals surface area contributed by atoms with E-state index in [-0.39, 0.29) is 18.4 Å². The molecule has 2 aromatic rings. The zero-order valence-corrected chi connectivity index (χ0v) is 13.7. The average Bonchev–Trinajstić information content (AvgIpc) is 3.00. The second kappa shape index (κ2) is 6.87. The van der Waals surface area contributed by atoms with Gasteiger partial charge >= 0.3 is 0 Å².